The highest BCUT2D eigenvalue weighted by Crippen LogP contribution is 2.33. The number of benzene rings is 1. The molecule has 0 bridgehead atoms. The Kier molecular flexibility index (Phi) is 4.35. The average Bonchev–Trinajstić information content (AvgIpc) is 2.76. The second kappa shape index (κ2) is 5.63. The van der Waals surface area contributed by atoms with Gasteiger partial charge in [-0.2, -0.15) is 0 Å². The molecule has 0 spiro atoms. The van der Waals surface area contributed by atoms with Crippen LogP contribution in [0.3, 0.4) is 0 Å². The van der Waals surface area contributed by atoms with Crippen molar-refractivity contribution in [3.63, 3.8) is 0 Å². The first kappa shape index (κ1) is 13.9. The summed E-state index contributed by atoms with van der Waals surface area (Å²) in [6.45, 7) is 1.26. The number of phenolic OH excluding ortho intramolecular Hbond substituents is 1. The summed E-state index contributed by atoms with van der Waals surface area (Å²) in [5.41, 5.74) is 0.653. The van der Waals surface area contributed by atoms with Gasteiger partial charge < -0.3 is 14.9 Å². The van der Waals surface area contributed by atoms with Gasteiger partial charge in [-0.1, -0.05) is 23.2 Å². The van der Waals surface area contributed by atoms with Crippen LogP contribution in [0.5, 0.6) is 5.75 Å². The highest BCUT2D eigenvalue weighted by Gasteiger charge is 2.30. The van der Waals surface area contributed by atoms with Crippen LogP contribution in [0.25, 0.3) is 0 Å². The van der Waals surface area contributed by atoms with Crippen LogP contribution in [-0.2, 0) is 11.3 Å². The summed E-state index contributed by atoms with van der Waals surface area (Å²) in [6.07, 6.45) is -0.509. The maximum atomic E-state index is 9.75. The zero-order chi connectivity index (χ0) is 13.3. The van der Waals surface area contributed by atoms with Gasteiger partial charge in [0.1, 0.15) is 5.75 Å². The SMILES string of the molecule is CN(Cc1c(Cl)ccc(O)c1Cl)[C@H]1COC[C@@H]1O. The second-order valence-corrected chi connectivity index (χ2v) is 5.23. The lowest BCUT2D eigenvalue weighted by atomic mass is 10.1. The fourth-order valence-electron chi connectivity index (χ4n) is 2.05. The Morgan fingerprint density at radius 1 is 1.39 bits per heavy atom. The lowest BCUT2D eigenvalue weighted by Gasteiger charge is -2.26. The predicted octanol–water partition coefficient (Wildman–Crippen LogP) is 1.89. The van der Waals surface area contributed by atoms with E-state index in [4.69, 9.17) is 27.9 Å². The molecule has 18 heavy (non-hydrogen) atoms. The Balaban J connectivity index is 2.16. The lowest BCUT2D eigenvalue weighted by molar-refractivity contribution is 0.0925. The van der Waals surface area contributed by atoms with Gasteiger partial charge in [-0.25, -0.2) is 0 Å². The first-order valence-electron chi connectivity index (χ1n) is 5.62. The van der Waals surface area contributed by atoms with Gasteiger partial charge >= 0.3 is 0 Å². The Labute approximate surface area is 116 Å². The molecular weight excluding hydrogens is 277 g/mol. The monoisotopic (exact) mass is 291 g/mol. The third kappa shape index (κ3) is 2.73. The van der Waals surface area contributed by atoms with Gasteiger partial charge in [0.2, 0.25) is 0 Å². The van der Waals surface area contributed by atoms with E-state index in [9.17, 15) is 10.2 Å². The fraction of sp³-hybridized carbons (Fsp3) is 0.500. The van der Waals surface area contributed by atoms with E-state index in [0.29, 0.717) is 30.3 Å². The van der Waals surface area contributed by atoms with Crippen molar-refractivity contribution >= 4 is 23.2 Å². The summed E-state index contributed by atoms with van der Waals surface area (Å²) in [7, 11) is 1.86. The molecule has 1 aliphatic rings. The van der Waals surface area contributed by atoms with Gasteiger partial charge in [-0.15, -0.1) is 0 Å². The smallest absolute Gasteiger partial charge is 0.134 e. The first-order valence-corrected chi connectivity index (χ1v) is 6.38. The van der Waals surface area contributed by atoms with Crippen LogP contribution in [0, 0.1) is 0 Å². The van der Waals surface area contributed by atoms with E-state index in [1.807, 2.05) is 11.9 Å². The zero-order valence-electron chi connectivity index (χ0n) is 9.94. The zero-order valence-corrected chi connectivity index (χ0v) is 11.4. The molecule has 2 N–H and O–H groups in total. The molecule has 1 aliphatic heterocycles. The van der Waals surface area contributed by atoms with Crippen LogP contribution in [0.15, 0.2) is 12.1 Å². The van der Waals surface area contributed by atoms with E-state index >= 15 is 0 Å². The highest BCUT2D eigenvalue weighted by molar-refractivity contribution is 6.36. The van der Waals surface area contributed by atoms with Crippen molar-refractivity contribution in [3.05, 3.63) is 27.7 Å². The van der Waals surface area contributed by atoms with Crippen molar-refractivity contribution in [1.82, 2.24) is 4.90 Å². The number of hydrogen-bond acceptors (Lipinski definition) is 4. The largest absolute Gasteiger partial charge is 0.506 e. The van der Waals surface area contributed by atoms with Gasteiger partial charge in [0.15, 0.2) is 0 Å². The fourth-order valence-corrected chi connectivity index (χ4v) is 2.54. The average molecular weight is 292 g/mol. The van der Waals surface area contributed by atoms with Gasteiger partial charge in [-0.05, 0) is 19.2 Å². The van der Waals surface area contributed by atoms with Crippen molar-refractivity contribution in [3.8, 4) is 5.75 Å². The van der Waals surface area contributed by atoms with E-state index in [2.05, 4.69) is 0 Å². The van der Waals surface area contributed by atoms with Gasteiger partial charge in [0.05, 0.1) is 30.4 Å². The molecule has 0 amide bonds. The van der Waals surface area contributed by atoms with Crippen molar-refractivity contribution in [2.24, 2.45) is 0 Å². The van der Waals surface area contributed by atoms with E-state index < -0.39 is 6.10 Å². The molecule has 4 nitrogen and oxygen atoms in total. The van der Waals surface area contributed by atoms with Crippen molar-refractivity contribution < 1.29 is 14.9 Å². The molecule has 2 rings (SSSR count). The van der Waals surface area contributed by atoms with E-state index in [1.165, 1.54) is 6.07 Å². The number of hydrogen-bond donors (Lipinski definition) is 2. The number of aliphatic hydroxyl groups excluding tert-OH is 1. The maximum absolute atomic E-state index is 9.75. The standard InChI is InChI=1S/C12H15Cl2NO3/c1-15(9-5-18-6-11(9)17)4-7-8(13)2-3-10(16)12(7)14/h2-3,9,11,16-17H,4-6H2,1H3/t9-,11-/m0/s1. The summed E-state index contributed by atoms with van der Waals surface area (Å²) in [5.74, 6) is 0.00712. The van der Waals surface area contributed by atoms with Crippen LogP contribution in [-0.4, -0.2) is 47.5 Å². The molecule has 0 unspecified atom stereocenters. The molecule has 1 fully saturated rings. The quantitative estimate of drug-likeness (QED) is 0.893. The van der Waals surface area contributed by atoms with E-state index in [-0.39, 0.29) is 16.8 Å². The van der Waals surface area contributed by atoms with E-state index in [1.54, 1.807) is 6.07 Å². The number of ether oxygens (including phenoxy) is 1. The summed E-state index contributed by atoms with van der Waals surface area (Å²) >= 11 is 12.1. The molecule has 0 saturated carbocycles. The van der Waals surface area contributed by atoms with Crippen LogP contribution in [0.1, 0.15) is 5.56 Å². The molecule has 0 radical (unpaired) electrons. The Morgan fingerprint density at radius 3 is 2.72 bits per heavy atom. The minimum absolute atomic E-state index is 0.00712. The lowest BCUT2D eigenvalue weighted by Crippen LogP contribution is -2.40. The Bertz CT molecular complexity index is 442. The molecule has 1 aromatic rings. The van der Waals surface area contributed by atoms with Crippen LogP contribution >= 0.6 is 23.2 Å². The molecule has 1 aromatic carbocycles. The molecular formula is C12H15Cl2NO3. The summed E-state index contributed by atoms with van der Waals surface area (Å²) in [5, 5.41) is 20.1. The number of nitrogens with zero attached hydrogens (tertiary/aromatic N) is 1. The molecule has 0 aliphatic carbocycles. The van der Waals surface area contributed by atoms with Gasteiger partial charge in [-0.3, -0.25) is 4.90 Å². The number of phenols is 1. The first-order chi connectivity index (χ1) is 8.50. The number of likely N-dealkylation sites (N-methyl/N-ethyl adjacent to an activating group) is 1. The molecule has 2 atom stereocenters. The van der Waals surface area contributed by atoms with Crippen LogP contribution < -0.4 is 0 Å². The van der Waals surface area contributed by atoms with Crippen LogP contribution in [0.2, 0.25) is 10.0 Å². The van der Waals surface area contributed by atoms with Crippen LogP contribution in [0.4, 0.5) is 0 Å². The minimum atomic E-state index is -0.509. The second-order valence-electron chi connectivity index (χ2n) is 4.45. The Morgan fingerprint density at radius 2 is 2.11 bits per heavy atom. The molecule has 1 saturated heterocycles. The number of rotatable bonds is 3. The maximum Gasteiger partial charge on any atom is 0.134 e. The number of halogens is 2. The molecule has 6 heteroatoms. The van der Waals surface area contributed by atoms with Crippen molar-refractivity contribution in [2.45, 2.75) is 18.7 Å². The van der Waals surface area contributed by atoms with Crippen molar-refractivity contribution in [1.29, 1.82) is 0 Å². The number of aromatic hydroxyl groups is 1. The molecule has 0 aromatic heterocycles. The molecule has 1 heterocycles. The summed E-state index contributed by atoms with van der Waals surface area (Å²) in [6, 6.07) is 2.98. The van der Waals surface area contributed by atoms with E-state index in [0.717, 1.165) is 0 Å². The minimum Gasteiger partial charge on any atom is -0.506 e. The normalized spacial score (nSPS) is 23.8. The highest BCUT2D eigenvalue weighted by atomic mass is 35.5. The van der Waals surface area contributed by atoms with Gasteiger partial charge in [0, 0.05) is 17.1 Å². The third-order valence-corrected chi connectivity index (χ3v) is 3.94. The number of aliphatic hydroxyl groups is 1. The topological polar surface area (TPSA) is 52.9 Å². The van der Waals surface area contributed by atoms with Gasteiger partial charge in [0.25, 0.3) is 0 Å². The summed E-state index contributed by atoms with van der Waals surface area (Å²) in [4.78, 5) is 1.92. The van der Waals surface area contributed by atoms with Crippen molar-refractivity contribution in [2.75, 3.05) is 20.3 Å². The predicted molar refractivity (Wildman–Crippen MR) is 70.2 cm³/mol. The third-order valence-electron chi connectivity index (χ3n) is 3.16. The Hall–Kier alpha value is -0.520. The summed E-state index contributed by atoms with van der Waals surface area (Å²) < 4.78 is 5.21. The molecule has 100 valence electrons.